The minimum Gasteiger partial charge on any atom is -0.381 e. The number of benzene rings is 2. The van der Waals surface area contributed by atoms with Gasteiger partial charge in [0.2, 0.25) is 0 Å². The van der Waals surface area contributed by atoms with Crippen LogP contribution in [-0.4, -0.2) is 19.1 Å². The van der Waals surface area contributed by atoms with E-state index in [0.29, 0.717) is 12.0 Å². The molecule has 4 heteroatoms. The summed E-state index contributed by atoms with van der Waals surface area (Å²) in [5.74, 6) is 0.566. The van der Waals surface area contributed by atoms with E-state index in [-0.39, 0.29) is 0 Å². The number of para-hydroxylation sites is 1. The molecule has 2 aliphatic rings. The Morgan fingerprint density at radius 3 is 2.68 bits per heavy atom. The average molecular weight is 314 g/mol. The van der Waals surface area contributed by atoms with Crippen LogP contribution in [0.25, 0.3) is 0 Å². The normalized spacial score (nSPS) is 23.1. The second-order valence-electron chi connectivity index (χ2n) is 6.06. The van der Waals surface area contributed by atoms with Gasteiger partial charge >= 0.3 is 0 Å². The molecule has 4 rings (SSSR count). The molecule has 2 unspecified atom stereocenters. The van der Waals surface area contributed by atoms with Crippen molar-refractivity contribution in [1.82, 2.24) is 5.32 Å². The van der Waals surface area contributed by atoms with Gasteiger partial charge < -0.3 is 16.0 Å². The highest BCUT2D eigenvalue weighted by Crippen LogP contribution is 2.45. The van der Waals surface area contributed by atoms with Crippen LogP contribution in [0.4, 0.5) is 17.1 Å². The molecule has 114 valence electrons. The Hall–Kier alpha value is -1.71. The van der Waals surface area contributed by atoms with Gasteiger partial charge in [0.05, 0.1) is 10.7 Å². The summed E-state index contributed by atoms with van der Waals surface area (Å²) in [6, 6.07) is 14.9. The predicted octanol–water partition coefficient (Wildman–Crippen LogP) is 4.34. The Bertz CT molecular complexity index is 686. The van der Waals surface area contributed by atoms with Gasteiger partial charge in [0, 0.05) is 28.9 Å². The molecule has 0 saturated carbocycles. The monoisotopic (exact) mass is 313 g/mol. The summed E-state index contributed by atoms with van der Waals surface area (Å²) < 4.78 is 0. The van der Waals surface area contributed by atoms with Crippen LogP contribution in [0.3, 0.4) is 0 Å². The molecule has 2 aromatic carbocycles. The maximum Gasteiger partial charge on any atom is 0.0640 e. The predicted molar refractivity (Wildman–Crippen MR) is 93.4 cm³/mol. The van der Waals surface area contributed by atoms with Gasteiger partial charge in [-0.3, -0.25) is 0 Å². The molecule has 3 N–H and O–H groups in total. The smallest absolute Gasteiger partial charge is 0.0640 e. The number of rotatable bonds is 2. The van der Waals surface area contributed by atoms with E-state index in [1.165, 1.54) is 29.8 Å². The number of anilines is 3. The Morgan fingerprint density at radius 2 is 1.77 bits per heavy atom. The molecule has 0 aliphatic carbocycles. The van der Waals surface area contributed by atoms with E-state index >= 15 is 0 Å². The van der Waals surface area contributed by atoms with Crippen LogP contribution in [0.15, 0.2) is 42.5 Å². The number of halogens is 1. The van der Waals surface area contributed by atoms with Gasteiger partial charge in [0.15, 0.2) is 0 Å². The third kappa shape index (κ3) is 2.44. The van der Waals surface area contributed by atoms with Crippen molar-refractivity contribution in [2.45, 2.75) is 24.8 Å². The molecule has 0 radical (unpaired) electrons. The number of hydrogen-bond donors (Lipinski definition) is 3. The van der Waals surface area contributed by atoms with Gasteiger partial charge in [0.25, 0.3) is 0 Å². The summed E-state index contributed by atoms with van der Waals surface area (Å²) in [6.07, 6.45) is 2.34. The number of fused-ring (bicyclic) bond motifs is 3. The first-order valence-electron chi connectivity index (χ1n) is 7.94. The summed E-state index contributed by atoms with van der Waals surface area (Å²) in [5, 5.41) is 11.5. The first kappa shape index (κ1) is 13.9. The second kappa shape index (κ2) is 5.82. The molecule has 3 nitrogen and oxygen atoms in total. The van der Waals surface area contributed by atoms with Gasteiger partial charge in [-0.1, -0.05) is 29.8 Å². The maximum atomic E-state index is 6.30. The van der Waals surface area contributed by atoms with Crippen molar-refractivity contribution in [3.63, 3.8) is 0 Å². The molecule has 1 fully saturated rings. The molecular weight excluding hydrogens is 294 g/mol. The topological polar surface area (TPSA) is 36.1 Å². The van der Waals surface area contributed by atoms with E-state index in [1.54, 1.807) is 0 Å². The average Bonchev–Trinajstić information content (AvgIpc) is 2.73. The van der Waals surface area contributed by atoms with Crippen LogP contribution in [0.1, 0.15) is 24.3 Å². The van der Waals surface area contributed by atoms with Crippen LogP contribution in [0, 0.1) is 0 Å². The summed E-state index contributed by atoms with van der Waals surface area (Å²) >= 11 is 6.30. The quantitative estimate of drug-likeness (QED) is 0.771. The highest BCUT2D eigenvalue weighted by molar-refractivity contribution is 6.33. The summed E-state index contributed by atoms with van der Waals surface area (Å²) in [4.78, 5) is 0. The van der Waals surface area contributed by atoms with Gasteiger partial charge in [0.1, 0.15) is 0 Å². The lowest BCUT2D eigenvalue weighted by Gasteiger charge is -2.19. The molecule has 2 heterocycles. The SMILES string of the molecule is Clc1ccccc1Nc1cccc2c1C1CCNCCC1N2. The van der Waals surface area contributed by atoms with Crippen molar-refractivity contribution in [2.24, 2.45) is 0 Å². The Morgan fingerprint density at radius 1 is 0.955 bits per heavy atom. The highest BCUT2D eigenvalue weighted by Gasteiger charge is 2.34. The van der Waals surface area contributed by atoms with Crippen LogP contribution >= 0.6 is 11.6 Å². The largest absolute Gasteiger partial charge is 0.381 e. The zero-order valence-corrected chi connectivity index (χ0v) is 13.2. The van der Waals surface area contributed by atoms with E-state index in [1.807, 2.05) is 24.3 Å². The molecule has 2 aromatic rings. The fraction of sp³-hybridized carbons (Fsp3) is 0.333. The zero-order valence-electron chi connectivity index (χ0n) is 12.4. The van der Waals surface area contributed by atoms with Crippen LogP contribution in [0.5, 0.6) is 0 Å². The minimum atomic E-state index is 0.541. The fourth-order valence-electron chi connectivity index (χ4n) is 3.67. The van der Waals surface area contributed by atoms with E-state index in [9.17, 15) is 0 Å². The van der Waals surface area contributed by atoms with E-state index in [4.69, 9.17) is 11.6 Å². The van der Waals surface area contributed by atoms with Gasteiger partial charge in [-0.25, -0.2) is 0 Å². The van der Waals surface area contributed by atoms with E-state index in [2.05, 4.69) is 34.1 Å². The summed E-state index contributed by atoms with van der Waals surface area (Å²) in [6.45, 7) is 2.18. The van der Waals surface area contributed by atoms with Crippen LogP contribution < -0.4 is 16.0 Å². The Kier molecular flexibility index (Phi) is 3.68. The molecule has 1 saturated heterocycles. The molecule has 0 amide bonds. The Balaban J connectivity index is 1.71. The van der Waals surface area contributed by atoms with Crippen molar-refractivity contribution in [2.75, 3.05) is 23.7 Å². The van der Waals surface area contributed by atoms with Crippen molar-refractivity contribution >= 4 is 28.7 Å². The fourth-order valence-corrected chi connectivity index (χ4v) is 3.85. The molecule has 2 atom stereocenters. The van der Waals surface area contributed by atoms with Gasteiger partial charge in [-0.2, -0.15) is 0 Å². The lowest BCUT2D eigenvalue weighted by atomic mass is 9.90. The van der Waals surface area contributed by atoms with Crippen molar-refractivity contribution in [3.8, 4) is 0 Å². The van der Waals surface area contributed by atoms with E-state index in [0.717, 1.165) is 23.8 Å². The Labute approximate surface area is 136 Å². The molecule has 0 bridgehead atoms. The lowest BCUT2D eigenvalue weighted by Crippen LogP contribution is -2.21. The zero-order chi connectivity index (χ0) is 14.9. The minimum absolute atomic E-state index is 0.541. The maximum absolute atomic E-state index is 6.30. The third-order valence-corrected chi connectivity index (χ3v) is 5.04. The first-order valence-corrected chi connectivity index (χ1v) is 8.32. The molecule has 22 heavy (non-hydrogen) atoms. The van der Waals surface area contributed by atoms with Crippen molar-refractivity contribution in [3.05, 3.63) is 53.1 Å². The molecule has 0 aromatic heterocycles. The first-order chi connectivity index (χ1) is 10.8. The second-order valence-corrected chi connectivity index (χ2v) is 6.46. The standard InChI is InChI=1S/C18H20ClN3/c19-13-4-1-2-5-15(13)22-17-7-3-6-16-18(17)12-8-10-20-11-9-14(12)21-16/h1-7,12,14,20-22H,8-11H2. The highest BCUT2D eigenvalue weighted by atomic mass is 35.5. The molecule has 0 spiro atoms. The van der Waals surface area contributed by atoms with Crippen LogP contribution in [-0.2, 0) is 0 Å². The summed E-state index contributed by atoms with van der Waals surface area (Å²) in [7, 11) is 0. The number of hydrogen-bond acceptors (Lipinski definition) is 3. The van der Waals surface area contributed by atoms with Gasteiger partial charge in [-0.15, -0.1) is 0 Å². The summed E-state index contributed by atoms with van der Waals surface area (Å²) in [5.41, 5.74) is 4.82. The number of nitrogens with one attached hydrogen (secondary N) is 3. The molecular formula is C18H20ClN3. The van der Waals surface area contributed by atoms with Crippen LogP contribution in [0.2, 0.25) is 5.02 Å². The van der Waals surface area contributed by atoms with Crippen molar-refractivity contribution in [1.29, 1.82) is 0 Å². The third-order valence-electron chi connectivity index (χ3n) is 4.71. The van der Waals surface area contributed by atoms with E-state index < -0.39 is 0 Å². The van der Waals surface area contributed by atoms with Crippen molar-refractivity contribution < 1.29 is 0 Å². The van der Waals surface area contributed by atoms with Gasteiger partial charge in [-0.05, 0) is 50.2 Å². The lowest BCUT2D eigenvalue weighted by molar-refractivity contribution is 0.579. The molecule has 2 aliphatic heterocycles.